The van der Waals surface area contributed by atoms with Gasteiger partial charge in [0.05, 0.1) is 0 Å². The van der Waals surface area contributed by atoms with Gasteiger partial charge in [0.1, 0.15) is 6.67 Å². The molecule has 0 bridgehead atoms. The molecule has 2 N–H and O–H groups in total. The molecular weight excluding hydrogens is 181 g/mol. The molecule has 2 atom stereocenters. The van der Waals surface area contributed by atoms with Crippen molar-refractivity contribution in [3.63, 3.8) is 0 Å². The van der Waals surface area contributed by atoms with Gasteiger partial charge in [-0.2, -0.15) is 8.78 Å². The first-order chi connectivity index (χ1) is 5.33. The summed E-state index contributed by atoms with van der Waals surface area (Å²) in [7, 11) is 0.742. The largest absolute Gasteiger partial charge is 0.382 e. The number of rotatable bonds is 2. The van der Waals surface area contributed by atoms with E-state index in [0.717, 1.165) is 7.11 Å². The molecular formula is C5H7F3O4. The van der Waals surface area contributed by atoms with Crippen molar-refractivity contribution >= 4 is 0 Å². The summed E-state index contributed by atoms with van der Waals surface area (Å²) < 4.78 is 44.7. The predicted octanol–water partition coefficient (Wildman–Crippen LogP) is -0.398. The fourth-order valence-corrected chi connectivity index (χ4v) is 0.839. The Morgan fingerprint density at radius 1 is 1.42 bits per heavy atom. The second-order valence-electron chi connectivity index (χ2n) is 2.38. The Kier molecular flexibility index (Phi) is 1.88. The highest BCUT2D eigenvalue weighted by Crippen LogP contribution is 2.52. The number of alkyl halides is 3. The first kappa shape index (κ1) is 9.72. The molecule has 1 fully saturated rings. The minimum Gasteiger partial charge on any atom is -0.358 e. The average molecular weight is 188 g/mol. The van der Waals surface area contributed by atoms with E-state index in [1.807, 2.05) is 0 Å². The lowest BCUT2D eigenvalue weighted by molar-refractivity contribution is -0.611. The molecule has 1 aliphatic heterocycles. The number of hydrogen-bond donors (Lipinski definition) is 2. The minimum atomic E-state index is -4.18. The fourth-order valence-electron chi connectivity index (χ4n) is 0.839. The van der Waals surface area contributed by atoms with Crippen molar-refractivity contribution < 1.29 is 32.9 Å². The maximum Gasteiger partial charge on any atom is 0.382 e. The van der Waals surface area contributed by atoms with Crippen LogP contribution < -0.4 is 0 Å². The molecule has 1 saturated heterocycles. The molecule has 1 heterocycles. The van der Waals surface area contributed by atoms with Crippen LogP contribution in [0.25, 0.3) is 0 Å². The van der Waals surface area contributed by atoms with Crippen LogP contribution in [0.5, 0.6) is 0 Å². The SMILES string of the molecule is CO[C@@]1(O)OC(O)(CF)C1(F)F. The molecule has 0 amide bonds. The zero-order valence-electron chi connectivity index (χ0n) is 6.05. The van der Waals surface area contributed by atoms with Crippen molar-refractivity contribution in [1.29, 1.82) is 0 Å². The van der Waals surface area contributed by atoms with E-state index in [4.69, 9.17) is 10.2 Å². The molecule has 0 saturated carbocycles. The first-order valence-electron chi connectivity index (χ1n) is 2.97. The monoisotopic (exact) mass is 188 g/mol. The van der Waals surface area contributed by atoms with E-state index in [9.17, 15) is 13.2 Å². The fraction of sp³-hybridized carbons (Fsp3) is 1.00. The third kappa shape index (κ3) is 0.817. The van der Waals surface area contributed by atoms with Gasteiger partial charge in [-0.05, 0) is 0 Å². The summed E-state index contributed by atoms with van der Waals surface area (Å²) in [6.45, 7) is -1.83. The Hall–Kier alpha value is -0.370. The van der Waals surface area contributed by atoms with E-state index >= 15 is 0 Å². The number of methoxy groups -OCH3 is 1. The molecule has 12 heavy (non-hydrogen) atoms. The number of halogens is 3. The van der Waals surface area contributed by atoms with Crippen molar-refractivity contribution in [3.8, 4) is 0 Å². The number of hydrogen-bond acceptors (Lipinski definition) is 4. The summed E-state index contributed by atoms with van der Waals surface area (Å²) in [5.41, 5.74) is 0. The van der Waals surface area contributed by atoms with E-state index in [1.54, 1.807) is 0 Å². The van der Waals surface area contributed by atoms with Crippen LogP contribution in [0, 0.1) is 0 Å². The highest BCUT2D eigenvalue weighted by atomic mass is 19.3. The molecule has 72 valence electrons. The topological polar surface area (TPSA) is 58.9 Å². The van der Waals surface area contributed by atoms with Gasteiger partial charge in [0.15, 0.2) is 0 Å². The van der Waals surface area contributed by atoms with Crippen LogP contribution in [0.1, 0.15) is 0 Å². The van der Waals surface area contributed by atoms with Gasteiger partial charge in [-0.1, -0.05) is 0 Å². The third-order valence-corrected chi connectivity index (χ3v) is 1.65. The van der Waals surface area contributed by atoms with Gasteiger partial charge in [0.2, 0.25) is 0 Å². The summed E-state index contributed by atoms with van der Waals surface area (Å²) >= 11 is 0. The normalized spacial score (nSPS) is 45.5. The van der Waals surface area contributed by atoms with Gasteiger partial charge in [-0.15, -0.1) is 0 Å². The van der Waals surface area contributed by atoms with Gasteiger partial charge >= 0.3 is 11.9 Å². The van der Waals surface area contributed by atoms with E-state index in [2.05, 4.69) is 9.47 Å². The van der Waals surface area contributed by atoms with Crippen LogP contribution in [-0.4, -0.2) is 41.7 Å². The summed E-state index contributed by atoms with van der Waals surface area (Å²) in [6.07, 6.45) is 0. The molecule has 0 radical (unpaired) electrons. The zero-order chi connectivity index (χ0) is 9.62. The number of aliphatic hydroxyl groups is 2. The van der Waals surface area contributed by atoms with Crippen LogP contribution in [0.15, 0.2) is 0 Å². The van der Waals surface area contributed by atoms with E-state index in [0.29, 0.717) is 0 Å². The molecule has 1 aliphatic rings. The zero-order valence-corrected chi connectivity index (χ0v) is 6.05. The molecule has 0 aromatic rings. The van der Waals surface area contributed by atoms with Crippen molar-refractivity contribution in [2.24, 2.45) is 0 Å². The van der Waals surface area contributed by atoms with Crippen LogP contribution in [0.2, 0.25) is 0 Å². The van der Waals surface area contributed by atoms with E-state index < -0.39 is 24.4 Å². The Bertz CT molecular complexity index is 181. The standard InChI is InChI=1S/C5H7F3O4/c1-11-5(10)4(7,8)3(9,2-6)12-5/h9-10H,2H2,1H3/t3?,5-/m1/s1. The third-order valence-electron chi connectivity index (χ3n) is 1.65. The van der Waals surface area contributed by atoms with Crippen LogP contribution in [0.4, 0.5) is 13.2 Å². The number of ether oxygens (including phenoxy) is 2. The quantitative estimate of drug-likeness (QED) is 0.579. The summed E-state index contributed by atoms with van der Waals surface area (Å²) in [6, 6.07) is 0. The maximum absolute atomic E-state index is 12.6. The Morgan fingerprint density at radius 2 is 1.92 bits per heavy atom. The van der Waals surface area contributed by atoms with Gasteiger partial charge in [-0.25, -0.2) is 4.39 Å². The average Bonchev–Trinajstić information content (AvgIpc) is 2.03. The van der Waals surface area contributed by atoms with Gasteiger partial charge in [0.25, 0.3) is 5.79 Å². The lowest BCUT2D eigenvalue weighted by Gasteiger charge is -2.52. The van der Waals surface area contributed by atoms with Crippen molar-refractivity contribution in [2.75, 3.05) is 13.8 Å². The predicted molar refractivity (Wildman–Crippen MR) is 28.9 cm³/mol. The first-order valence-corrected chi connectivity index (χ1v) is 2.97. The Balaban J connectivity index is 2.85. The summed E-state index contributed by atoms with van der Waals surface area (Å²) in [5, 5.41) is 17.3. The Morgan fingerprint density at radius 3 is 2.17 bits per heavy atom. The minimum absolute atomic E-state index is 0.742. The van der Waals surface area contributed by atoms with Crippen molar-refractivity contribution in [2.45, 2.75) is 17.7 Å². The highest BCUT2D eigenvalue weighted by molar-refractivity contribution is 5.02. The van der Waals surface area contributed by atoms with Gasteiger partial charge in [-0.3, -0.25) is 4.74 Å². The second kappa shape index (κ2) is 2.32. The molecule has 4 nitrogen and oxygen atoms in total. The molecule has 1 rings (SSSR count). The highest BCUT2D eigenvalue weighted by Gasteiger charge is 2.81. The smallest absolute Gasteiger partial charge is 0.358 e. The molecule has 1 unspecified atom stereocenters. The molecule has 7 heteroatoms. The summed E-state index contributed by atoms with van der Waals surface area (Å²) in [5.74, 6) is -10.7. The van der Waals surface area contributed by atoms with Crippen molar-refractivity contribution in [1.82, 2.24) is 0 Å². The molecule has 0 spiro atoms. The van der Waals surface area contributed by atoms with E-state index in [-0.39, 0.29) is 0 Å². The lowest BCUT2D eigenvalue weighted by atomic mass is 10.0. The maximum atomic E-state index is 12.6. The molecule has 0 aliphatic carbocycles. The van der Waals surface area contributed by atoms with Crippen LogP contribution >= 0.6 is 0 Å². The van der Waals surface area contributed by atoms with Gasteiger partial charge < -0.3 is 14.9 Å². The molecule has 0 aromatic carbocycles. The summed E-state index contributed by atoms with van der Waals surface area (Å²) in [4.78, 5) is 0. The van der Waals surface area contributed by atoms with E-state index in [1.165, 1.54) is 0 Å². The molecule has 0 aromatic heterocycles. The van der Waals surface area contributed by atoms with Crippen LogP contribution in [0.3, 0.4) is 0 Å². The van der Waals surface area contributed by atoms with Gasteiger partial charge in [0, 0.05) is 7.11 Å². The Labute approximate surface area is 65.5 Å². The van der Waals surface area contributed by atoms with Crippen LogP contribution in [-0.2, 0) is 9.47 Å². The lowest BCUT2D eigenvalue weighted by Crippen LogP contribution is -2.79. The second-order valence-corrected chi connectivity index (χ2v) is 2.38. The van der Waals surface area contributed by atoms with Crippen molar-refractivity contribution in [3.05, 3.63) is 0 Å².